The molecule has 0 heterocycles. The van der Waals surface area contributed by atoms with Gasteiger partial charge in [-0.15, -0.1) is 6.42 Å². The van der Waals surface area contributed by atoms with E-state index in [1.807, 2.05) is 24.3 Å². The van der Waals surface area contributed by atoms with Crippen molar-refractivity contribution in [3.8, 4) is 18.1 Å². The molecule has 0 amide bonds. The largest absolute Gasteiger partial charge is 0.493 e. The van der Waals surface area contributed by atoms with Gasteiger partial charge in [0.25, 0.3) is 0 Å². The summed E-state index contributed by atoms with van der Waals surface area (Å²) in [6.07, 6.45) is 12.1. The molecule has 0 spiro atoms. The van der Waals surface area contributed by atoms with Crippen molar-refractivity contribution in [1.82, 2.24) is 0 Å². The molecule has 1 aromatic carbocycles. The molecule has 1 aliphatic carbocycles. The summed E-state index contributed by atoms with van der Waals surface area (Å²) >= 11 is 0. The maximum atomic E-state index is 5.78. The quantitative estimate of drug-likeness (QED) is 0.698. The average molecular weight is 214 g/mol. The smallest absolute Gasteiger partial charge is 0.119 e. The van der Waals surface area contributed by atoms with Gasteiger partial charge in [0.2, 0.25) is 0 Å². The zero-order valence-electron chi connectivity index (χ0n) is 9.61. The highest BCUT2D eigenvalue weighted by Crippen LogP contribution is 2.24. The summed E-state index contributed by atoms with van der Waals surface area (Å²) in [5, 5.41) is 0. The van der Waals surface area contributed by atoms with E-state index in [-0.39, 0.29) is 0 Å². The lowest BCUT2D eigenvalue weighted by Crippen LogP contribution is -2.15. The Morgan fingerprint density at radius 2 is 1.81 bits per heavy atom. The normalized spacial score (nSPS) is 16.7. The van der Waals surface area contributed by atoms with Crippen LogP contribution in [0.15, 0.2) is 24.3 Å². The van der Waals surface area contributed by atoms with Crippen LogP contribution < -0.4 is 4.74 Å². The summed E-state index contributed by atoms with van der Waals surface area (Å²) in [6.45, 7) is 0.857. The van der Waals surface area contributed by atoms with Gasteiger partial charge in [-0.1, -0.05) is 25.2 Å². The standard InChI is InChI=1S/C15H18O/c1-2-13-8-10-15(11-9-13)16-12-14-6-4-3-5-7-14/h1,8-11,14H,3-7,12H2. The van der Waals surface area contributed by atoms with Gasteiger partial charge in [-0.25, -0.2) is 0 Å². The molecule has 1 aromatic rings. The van der Waals surface area contributed by atoms with Crippen molar-refractivity contribution in [2.45, 2.75) is 32.1 Å². The minimum atomic E-state index is 0.751. The molecule has 0 saturated heterocycles. The molecule has 0 N–H and O–H groups in total. The molecule has 16 heavy (non-hydrogen) atoms. The van der Waals surface area contributed by atoms with Crippen LogP contribution >= 0.6 is 0 Å². The maximum Gasteiger partial charge on any atom is 0.119 e. The minimum Gasteiger partial charge on any atom is -0.493 e. The maximum absolute atomic E-state index is 5.78. The highest BCUT2D eigenvalue weighted by molar-refractivity contribution is 5.36. The Hall–Kier alpha value is -1.42. The molecule has 1 aliphatic rings. The number of ether oxygens (including phenoxy) is 1. The summed E-state index contributed by atoms with van der Waals surface area (Å²) in [4.78, 5) is 0. The molecule has 0 unspecified atom stereocenters. The van der Waals surface area contributed by atoms with Crippen molar-refractivity contribution in [3.63, 3.8) is 0 Å². The van der Waals surface area contributed by atoms with Crippen molar-refractivity contribution in [2.75, 3.05) is 6.61 Å². The fourth-order valence-electron chi connectivity index (χ4n) is 2.22. The van der Waals surface area contributed by atoms with Crippen LogP contribution in [0.3, 0.4) is 0 Å². The molecule has 1 nitrogen and oxygen atoms in total. The summed E-state index contributed by atoms with van der Waals surface area (Å²) in [6, 6.07) is 7.77. The third-order valence-electron chi connectivity index (χ3n) is 3.23. The van der Waals surface area contributed by atoms with Crippen molar-refractivity contribution in [2.24, 2.45) is 5.92 Å². The Morgan fingerprint density at radius 3 is 2.44 bits per heavy atom. The van der Waals surface area contributed by atoms with Crippen molar-refractivity contribution in [3.05, 3.63) is 29.8 Å². The SMILES string of the molecule is C#Cc1ccc(OCC2CCCCC2)cc1. The second kappa shape index (κ2) is 5.61. The fourth-order valence-corrected chi connectivity index (χ4v) is 2.22. The Balaban J connectivity index is 1.82. The van der Waals surface area contributed by atoms with Gasteiger partial charge in [0.05, 0.1) is 6.61 Å². The van der Waals surface area contributed by atoms with E-state index < -0.39 is 0 Å². The lowest BCUT2D eigenvalue weighted by Gasteiger charge is -2.21. The molecule has 2 rings (SSSR count). The predicted molar refractivity (Wildman–Crippen MR) is 66.4 cm³/mol. The number of hydrogen-bond acceptors (Lipinski definition) is 1. The zero-order chi connectivity index (χ0) is 11.2. The highest BCUT2D eigenvalue weighted by atomic mass is 16.5. The molecule has 1 saturated carbocycles. The monoisotopic (exact) mass is 214 g/mol. The first kappa shape index (κ1) is 11.1. The van der Waals surface area contributed by atoms with E-state index in [1.54, 1.807) is 0 Å². The molecule has 84 valence electrons. The number of hydrogen-bond donors (Lipinski definition) is 0. The minimum absolute atomic E-state index is 0.751. The summed E-state index contributed by atoms with van der Waals surface area (Å²) < 4.78 is 5.78. The zero-order valence-corrected chi connectivity index (χ0v) is 9.61. The lowest BCUT2D eigenvalue weighted by molar-refractivity contribution is 0.209. The van der Waals surface area contributed by atoms with Crippen LogP contribution in [0, 0.1) is 18.3 Å². The van der Waals surface area contributed by atoms with Gasteiger partial charge in [0.1, 0.15) is 5.75 Å². The first-order valence-electron chi connectivity index (χ1n) is 6.08. The molecule has 0 aliphatic heterocycles. The van der Waals surface area contributed by atoms with Crippen LogP contribution in [-0.4, -0.2) is 6.61 Å². The number of benzene rings is 1. The highest BCUT2D eigenvalue weighted by Gasteiger charge is 2.13. The van der Waals surface area contributed by atoms with Gasteiger partial charge in [0, 0.05) is 5.56 Å². The van der Waals surface area contributed by atoms with E-state index >= 15 is 0 Å². The molecule has 0 bridgehead atoms. The molecule has 1 heteroatoms. The van der Waals surface area contributed by atoms with E-state index in [0.717, 1.165) is 23.8 Å². The van der Waals surface area contributed by atoms with Crippen LogP contribution in [0.5, 0.6) is 5.75 Å². The van der Waals surface area contributed by atoms with Crippen LogP contribution in [0.1, 0.15) is 37.7 Å². The molecular weight excluding hydrogens is 196 g/mol. The molecule has 0 aromatic heterocycles. The van der Waals surface area contributed by atoms with Gasteiger partial charge in [-0.2, -0.15) is 0 Å². The van der Waals surface area contributed by atoms with Crippen molar-refractivity contribution in [1.29, 1.82) is 0 Å². The Kier molecular flexibility index (Phi) is 3.88. The fraction of sp³-hybridized carbons (Fsp3) is 0.467. The number of rotatable bonds is 3. The lowest BCUT2D eigenvalue weighted by atomic mass is 9.90. The third-order valence-corrected chi connectivity index (χ3v) is 3.23. The van der Waals surface area contributed by atoms with Crippen LogP contribution in [0.25, 0.3) is 0 Å². The second-order valence-corrected chi connectivity index (χ2v) is 4.48. The molecule has 1 fully saturated rings. The average Bonchev–Trinajstić information content (AvgIpc) is 2.38. The van der Waals surface area contributed by atoms with Gasteiger partial charge < -0.3 is 4.74 Å². The van der Waals surface area contributed by atoms with E-state index in [4.69, 9.17) is 11.2 Å². The number of terminal acetylenes is 1. The first-order valence-corrected chi connectivity index (χ1v) is 6.08. The van der Waals surface area contributed by atoms with Crippen molar-refractivity contribution < 1.29 is 4.74 Å². The molecule has 0 atom stereocenters. The van der Waals surface area contributed by atoms with Crippen LogP contribution in [-0.2, 0) is 0 Å². The van der Waals surface area contributed by atoms with Gasteiger partial charge in [-0.3, -0.25) is 0 Å². The van der Waals surface area contributed by atoms with Crippen LogP contribution in [0.2, 0.25) is 0 Å². The molecule has 0 radical (unpaired) electrons. The Bertz CT molecular complexity index is 352. The second-order valence-electron chi connectivity index (χ2n) is 4.48. The summed E-state index contributed by atoms with van der Waals surface area (Å²) in [5.41, 5.74) is 0.907. The Labute approximate surface area is 97.8 Å². The third kappa shape index (κ3) is 3.03. The summed E-state index contributed by atoms with van der Waals surface area (Å²) in [5.74, 6) is 4.29. The predicted octanol–water partition coefficient (Wildman–Crippen LogP) is 3.63. The van der Waals surface area contributed by atoms with Crippen molar-refractivity contribution >= 4 is 0 Å². The van der Waals surface area contributed by atoms with E-state index in [0.29, 0.717) is 0 Å². The Morgan fingerprint density at radius 1 is 1.12 bits per heavy atom. The van der Waals surface area contributed by atoms with Gasteiger partial charge in [-0.05, 0) is 43.0 Å². The summed E-state index contributed by atoms with van der Waals surface area (Å²) in [7, 11) is 0. The van der Waals surface area contributed by atoms with Gasteiger partial charge >= 0.3 is 0 Å². The van der Waals surface area contributed by atoms with Crippen LogP contribution in [0.4, 0.5) is 0 Å². The molecular formula is C15H18O. The van der Waals surface area contributed by atoms with E-state index in [9.17, 15) is 0 Å². The van der Waals surface area contributed by atoms with E-state index in [1.165, 1.54) is 32.1 Å². The first-order chi connectivity index (χ1) is 7.88. The van der Waals surface area contributed by atoms with E-state index in [2.05, 4.69) is 5.92 Å². The topological polar surface area (TPSA) is 9.23 Å². The van der Waals surface area contributed by atoms with Gasteiger partial charge in [0.15, 0.2) is 0 Å².